The number of benzene rings is 2. The number of carbonyl (C=O) groups is 3. The third-order valence-electron chi connectivity index (χ3n) is 4.61. The first-order chi connectivity index (χ1) is 13.9. The highest BCUT2D eigenvalue weighted by Gasteiger charge is 2.42. The highest BCUT2D eigenvalue weighted by atomic mass is 16.5. The zero-order chi connectivity index (χ0) is 21.1. The fourth-order valence-electron chi connectivity index (χ4n) is 3.38. The highest BCUT2D eigenvalue weighted by Crippen LogP contribution is 2.37. The Hall–Kier alpha value is -3.59. The lowest BCUT2D eigenvalue weighted by molar-refractivity contribution is 0.0587. The van der Waals surface area contributed by atoms with Crippen LogP contribution in [-0.4, -0.2) is 43.0 Å². The lowest BCUT2D eigenvalue weighted by Crippen LogP contribution is -2.38. The minimum absolute atomic E-state index is 0.00193. The summed E-state index contributed by atoms with van der Waals surface area (Å²) in [7, 11) is 1.52. The maximum absolute atomic E-state index is 13.1. The minimum atomic E-state index is -0.830. The molecule has 0 aromatic heterocycles. The Balaban J connectivity index is 2.03. The van der Waals surface area contributed by atoms with Crippen molar-refractivity contribution >= 4 is 23.5 Å². The molecule has 1 heterocycles. The number of hydrogen-bond acceptors (Lipinski definition) is 6. The third kappa shape index (κ3) is 3.59. The van der Waals surface area contributed by atoms with Gasteiger partial charge in [-0.1, -0.05) is 12.1 Å². The molecule has 4 amide bonds. The van der Waals surface area contributed by atoms with Crippen LogP contribution in [0, 0.1) is 0 Å². The van der Waals surface area contributed by atoms with E-state index in [2.05, 4.69) is 5.32 Å². The average Bonchev–Trinajstić information content (AvgIpc) is 2.95. The molecule has 29 heavy (non-hydrogen) atoms. The van der Waals surface area contributed by atoms with Gasteiger partial charge >= 0.3 is 6.03 Å². The average molecular weight is 398 g/mol. The molecule has 5 N–H and O–H groups in total. The molecule has 2 aromatic carbocycles. The molecule has 2 aromatic rings. The van der Waals surface area contributed by atoms with Gasteiger partial charge in [0.2, 0.25) is 0 Å². The molecule has 0 fully saturated rings. The second-order valence-corrected chi connectivity index (χ2v) is 6.29. The maximum atomic E-state index is 13.1. The van der Waals surface area contributed by atoms with Gasteiger partial charge < -0.3 is 26.3 Å². The molecular weight excluding hydrogens is 376 g/mol. The summed E-state index contributed by atoms with van der Waals surface area (Å²) < 4.78 is 10.9. The summed E-state index contributed by atoms with van der Waals surface area (Å²) in [6.45, 7) is 2.26. The third-order valence-corrected chi connectivity index (χ3v) is 4.61. The molecule has 0 saturated heterocycles. The van der Waals surface area contributed by atoms with Crippen molar-refractivity contribution in [3.8, 4) is 11.5 Å². The number of carbonyl (C=O) groups excluding carboxylic acids is 3. The van der Waals surface area contributed by atoms with E-state index < -0.39 is 23.9 Å². The second kappa shape index (κ2) is 8.19. The van der Waals surface area contributed by atoms with Gasteiger partial charge in [0, 0.05) is 6.54 Å². The number of nitrogens with one attached hydrogen (secondary N) is 1. The molecular formula is C20H22N4O5. The number of nitrogens with two attached hydrogens (primary N) is 2. The molecule has 9 heteroatoms. The Labute approximate surface area is 167 Å². The maximum Gasteiger partial charge on any atom is 0.316 e. The van der Waals surface area contributed by atoms with E-state index in [4.69, 9.17) is 20.9 Å². The second-order valence-electron chi connectivity index (χ2n) is 6.29. The Kier molecular flexibility index (Phi) is 5.69. The van der Waals surface area contributed by atoms with Crippen LogP contribution in [0.3, 0.4) is 0 Å². The number of urea groups is 1. The van der Waals surface area contributed by atoms with Crippen molar-refractivity contribution in [3.05, 3.63) is 53.1 Å². The first-order valence-electron chi connectivity index (χ1n) is 9.01. The van der Waals surface area contributed by atoms with Crippen LogP contribution in [0.1, 0.15) is 39.2 Å². The van der Waals surface area contributed by atoms with Crippen molar-refractivity contribution in [2.75, 3.05) is 25.6 Å². The van der Waals surface area contributed by atoms with Crippen LogP contribution >= 0.6 is 0 Å². The van der Waals surface area contributed by atoms with Crippen LogP contribution in [0.4, 0.5) is 10.5 Å². The number of hydrogen-bond donors (Lipinski definition) is 3. The summed E-state index contributed by atoms with van der Waals surface area (Å²) in [6.07, 6.45) is 0. The number of amides is 4. The number of fused-ring (bicyclic) bond motifs is 1. The molecule has 9 nitrogen and oxygen atoms in total. The molecule has 0 bridgehead atoms. The number of nitrogens with zero attached hydrogens (tertiary/aromatic N) is 1. The van der Waals surface area contributed by atoms with Crippen LogP contribution in [0.25, 0.3) is 0 Å². The van der Waals surface area contributed by atoms with Crippen LogP contribution < -0.4 is 26.3 Å². The Morgan fingerprint density at radius 3 is 2.55 bits per heavy atom. The van der Waals surface area contributed by atoms with Gasteiger partial charge in [-0.25, -0.2) is 4.79 Å². The number of ether oxygens (including phenoxy) is 2. The van der Waals surface area contributed by atoms with E-state index in [0.717, 1.165) is 4.90 Å². The van der Waals surface area contributed by atoms with Gasteiger partial charge in [0.05, 0.1) is 36.6 Å². The predicted octanol–water partition coefficient (Wildman–Crippen LogP) is 1.88. The quantitative estimate of drug-likeness (QED) is 0.609. The van der Waals surface area contributed by atoms with E-state index in [0.29, 0.717) is 23.7 Å². The van der Waals surface area contributed by atoms with E-state index >= 15 is 0 Å². The highest BCUT2D eigenvalue weighted by molar-refractivity contribution is 6.24. The molecule has 1 aliphatic heterocycles. The molecule has 0 radical (unpaired) electrons. The van der Waals surface area contributed by atoms with Gasteiger partial charge in [0.25, 0.3) is 11.8 Å². The lowest BCUT2D eigenvalue weighted by Gasteiger charge is -2.26. The van der Waals surface area contributed by atoms with Crippen molar-refractivity contribution in [2.24, 2.45) is 11.5 Å². The van der Waals surface area contributed by atoms with Gasteiger partial charge in [-0.15, -0.1) is 0 Å². The minimum Gasteiger partial charge on any atom is -0.493 e. The number of anilines is 1. The molecule has 1 unspecified atom stereocenters. The normalized spacial score (nSPS) is 13.8. The predicted molar refractivity (Wildman–Crippen MR) is 106 cm³/mol. The van der Waals surface area contributed by atoms with Gasteiger partial charge in [0.15, 0.2) is 11.5 Å². The summed E-state index contributed by atoms with van der Waals surface area (Å²) in [5.41, 5.74) is 12.2. The molecule has 3 rings (SSSR count). The topological polar surface area (TPSA) is 137 Å². The van der Waals surface area contributed by atoms with E-state index in [1.807, 2.05) is 6.92 Å². The fraction of sp³-hybridized carbons (Fsp3) is 0.250. The van der Waals surface area contributed by atoms with Crippen LogP contribution in [0.15, 0.2) is 36.4 Å². The molecule has 0 spiro atoms. The molecule has 0 saturated carbocycles. The summed E-state index contributed by atoms with van der Waals surface area (Å²) in [4.78, 5) is 38.5. The molecule has 0 aliphatic carbocycles. The van der Waals surface area contributed by atoms with Gasteiger partial charge in [0.1, 0.15) is 0 Å². The fourth-order valence-corrected chi connectivity index (χ4v) is 3.38. The Bertz CT molecular complexity index is 975. The lowest BCUT2D eigenvalue weighted by atomic mass is 10.0. The van der Waals surface area contributed by atoms with Crippen molar-refractivity contribution < 1.29 is 23.9 Å². The summed E-state index contributed by atoms with van der Waals surface area (Å²) in [5, 5.41) is 2.39. The summed E-state index contributed by atoms with van der Waals surface area (Å²) >= 11 is 0. The Morgan fingerprint density at radius 1 is 1.17 bits per heavy atom. The van der Waals surface area contributed by atoms with Crippen molar-refractivity contribution in [1.82, 2.24) is 4.90 Å². The number of primary amides is 1. The van der Waals surface area contributed by atoms with Gasteiger partial charge in [-0.2, -0.15) is 0 Å². The number of methoxy groups -OCH3 is 1. The Morgan fingerprint density at radius 2 is 1.93 bits per heavy atom. The van der Waals surface area contributed by atoms with Crippen molar-refractivity contribution in [2.45, 2.75) is 13.0 Å². The SMILES string of the molecule is CCOc1cc(C(CN)N2C(=O)c3cccc(NC(N)=O)c3C2=O)ccc1OC. The smallest absolute Gasteiger partial charge is 0.316 e. The molecule has 1 aliphatic rings. The first kappa shape index (κ1) is 20.2. The van der Waals surface area contributed by atoms with Crippen LogP contribution in [-0.2, 0) is 0 Å². The first-order valence-corrected chi connectivity index (χ1v) is 9.01. The largest absolute Gasteiger partial charge is 0.493 e. The number of rotatable bonds is 7. The summed E-state index contributed by atoms with van der Waals surface area (Å²) in [5.74, 6) is -0.0405. The summed E-state index contributed by atoms with van der Waals surface area (Å²) in [6, 6.07) is 8.17. The van der Waals surface area contributed by atoms with Gasteiger partial charge in [-0.3, -0.25) is 14.5 Å². The van der Waals surface area contributed by atoms with Crippen LogP contribution in [0.5, 0.6) is 11.5 Å². The van der Waals surface area contributed by atoms with E-state index in [1.165, 1.54) is 19.2 Å². The zero-order valence-electron chi connectivity index (χ0n) is 16.1. The van der Waals surface area contributed by atoms with Gasteiger partial charge in [-0.05, 0) is 36.8 Å². The van der Waals surface area contributed by atoms with Crippen molar-refractivity contribution in [3.63, 3.8) is 0 Å². The van der Waals surface area contributed by atoms with Crippen LogP contribution in [0.2, 0.25) is 0 Å². The molecule has 1 atom stereocenters. The molecule has 152 valence electrons. The standard InChI is InChI=1S/C20H22N4O5/c1-3-29-16-9-11(7-8-15(16)28-2)14(10-21)24-18(25)12-5-4-6-13(23-20(22)27)17(12)19(24)26/h4-9,14H,3,10,21H2,1-2H3,(H3,22,23,27). The monoisotopic (exact) mass is 398 g/mol. The van der Waals surface area contributed by atoms with E-state index in [-0.39, 0.29) is 23.4 Å². The van der Waals surface area contributed by atoms with E-state index in [9.17, 15) is 14.4 Å². The number of imide groups is 1. The zero-order valence-corrected chi connectivity index (χ0v) is 16.1. The van der Waals surface area contributed by atoms with Crippen molar-refractivity contribution in [1.29, 1.82) is 0 Å². The van der Waals surface area contributed by atoms with E-state index in [1.54, 1.807) is 24.3 Å².